The van der Waals surface area contributed by atoms with Gasteiger partial charge in [0.1, 0.15) is 11.6 Å². The maximum atomic E-state index is 13.3. The summed E-state index contributed by atoms with van der Waals surface area (Å²) in [6.07, 6.45) is 0. The minimum Gasteiger partial charge on any atom is -0.508 e. The molecule has 5 heteroatoms. The lowest BCUT2D eigenvalue weighted by molar-refractivity contribution is 0.449. The van der Waals surface area contributed by atoms with E-state index in [2.05, 4.69) is 10.4 Å². The molecule has 2 aromatic rings. The molecule has 0 saturated carbocycles. The Labute approximate surface area is 118 Å². The summed E-state index contributed by atoms with van der Waals surface area (Å²) < 4.78 is 15.1. The Morgan fingerprint density at radius 1 is 1.40 bits per heavy atom. The molecule has 1 heterocycles. The normalized spacial score (nSPS) is 12.7. The molecule has 0 aliphatic carbocycles. The van der Waals surface area contributed by atoms with Gasteiger partial charge in [-0.25, -0.2) is 4.39 Å². The quantitative estimate of drug-likeness (QED) is 0.903. The smallest absolute Gasteiger partial charge is 0.123 e. The first kappa shape index (κ1) is 14.5. The Bertz CT molecular complexity index is 622. The van der Waals surface area contributed by atoms with Crippen molar-refractivity contribution in [3.63, 3.8) is 0 Å². The molecule has 1 atom stereocenters. The van der Waals surface area contributed by atoms with Crippen LogP contribution in [0.25, 0.3) is 0 Å². The maximum Gasteiger partial charge on any atom is 0.123 e. The molecule has 0 fully saturated rings. The van der Waals surface area contributed by atoms with Crippen molar-refractivity contribution in [3.8, 4) is 5.75 Å². The predicted octanol–water partition coefficient (Wildman–Crippen LogP) is 2.73. The lowest BCUT2D eigenvalue weighted by atomic mass is 10.1. The predicted molar refractivity (Wildman–Crippen MR) is 76.0 cm³/mol. The molecule has 2 rings (SSSR count). The van der Waals surface area contributed by atoms with Gasteiger partial charge >= 0.3 is 0 Å². The Hall–Kier alpha value is -1.88. The number of aromatic hydroxyl groups is 1. The van der Waals surface area contributed by atoms with Crippen LogP contribution in [0.5, 0.6) is 5.75 Å². The standard InChI is InChI=1S/C15H20FN3O/c1-9(13-7-12(16)5-6-15(13)20)17-8-14-10(2)18-19(4)11(14)3/h5-7,9,17,20H,8H2,1-4H3. The summed E-state index contributed by atoms with van der Waals surface area (Å²) in [6.45, 7) is 6.51. The molecule has 1 aromatic carbocycles. The molecule has 0 aliphatic rings. The van der Waals surface area contributed by atoms with Crippen molar-refractivity contribution >= 4 is 0 Å². The van der Waals surface area contributed by atoms with Crippen LogP contribution in [0.1, 0.15) is 35.5 Å². The molecule has 108 valence electrons. The van der Waals surface area contributed by atoms with E-state index in [1.807, 2.05) is 32.5 Å². The van der Waals surface area contributed by atoms with Crippen LogP contribution in [-0.2, 0) is 13.6 Å². The number of aryl methyl sites for hydroxylation is 2. The molecular formula is C15H20FN3O. The van der Waals surface area contributed by atoms with Gasteiger partial charge in [0.15, 0.2) is 0 Å². The largest absolute Gasteiger partial charge is 0.508 e. The van der Waals surface area contributed by atoms with Gasteiger partial charge in [-0.1, -0.05) is 0 Å². The number of nitrogens with zero attached hydrogens (tertiary/aromatic N) is 2. The molecule has 2 N–H and O–H groups in total. The molecule has 4 nitrogen and oxygen atoms in total. The lowest BCUT2D eigenvalue weighted by Crippen LogP contribution is -2.19. The van der Waals surface area contributed by atoms with Crippen molar-refractivity contribution in [2.24, 2.45) is 7.05 Å². The van der Waals surface area contributed by atoms with E-state index in [4.69, 9.17) is 0 Å². The van der Waals surface area contributed by atoms with E-state index in [0.29, 0.717) is 12.1 Å². The zero-order valence-corrected chi connectivity index (χ0v) is 12.2. The van der Waals surface area contributed by atoms with Crippen molar-refractivity contribution in [1.29, 1.82) is 0 Å². The SMILES string of the molecule is Cc1nn(C)c(C)c1CNC(C)c1cc(F)ccc1O. The fourth-order valence-corrected chi connectivity index (χ4v) is 2.31. The maximum absolute atomic E-state index is 13.3. The number of hydrogen-bond acceptors (Lipinski definition) is 3. The lowest BCUT2D eigenvalue weighted by Gasteiger charge is -2.16. The number of phenols is 1. The third-order valence-corrected chi connectivity index (χ3v) is 3.70. The van der Waals surface area contributed by atoms with Crippen LogP contribution in [0.3, 0.4) is 0 Å². The summed E-state index contributed by atoms with van der Waals surface area (Å²) >= 11 is 0. The van der Waals surface area contributed by atoms with Crippen LogP contribution in [0.15, 0.2) is 18.2 Å². The Morgan fingerprint density at radius 2 is 2.10 bits per heavy atom. The van der Waals surface area contributed by atoms with E-state index >= 15 is 0 Å². The van der Waals surface area contributed by atoms with Crippen molar-refractivity contribution in [3.05, 3.63) is 46.5 Å². The van der Waals surface area contributed by atoms with Crippen LogP contribution in [0, 0.1) is 19.7 Å². The molecule has 1 aromatic heterocycles. The Morgan fingerprint density at radius 3 is 2.70 bits per heavy atom. The highest BCUT2D eigenvalue weighted by atomic mass is 19.1. The summed E-state index contributed by atoms with van der Waals surface area (Å²) in [5.74, 6) is -0.244. The van der Waals surface area contributed by atoms with Crippen molar-refractivity contribution in [2.45, 2.75) is 33.4 Å². The summed E-state index contributed by atoms with van der Waals surface area (Å²) in [5.41, 5.74) is 3.78. The molecule has 0 radical (unpaired) electrons. The van der Waals surface area contributed by atoms with Gasteiger partial charge in [-0.05, 0) is 39.0 Å². The number of phenolic OH excluding ortho intramolecular Hbond substituents is 1. The van der Waals surface area contributed by atoms with Crippen LogP contribution in [0.4, 0.5) is 4.39 Å². The van der Waals surface area contributed by atoms with E-state index in [1.54, 1.807) is 0 Å². The van der Waals surface area contributed by atoms with E-state index < -0.39 is 0 Å². The van der Waals surface area contributed by atoms with Gasteiger partial charge in [-0.3, -0.25) is 4.68 Å². The fraction of sp³-hybridized carbons (Fsp3) is 0.400. The zero-order chi connectivity index (χ0) is 14.9. The third-order valence-electron chi connectivity index (χ3n) is 3.70. The van der Waals surface area contributed by atoms with Gasteiger partial charge in [0.05, 0.1) is 5.69 Å². The summed E-state index contributed by atoms with van der Waals surface area (Å²) in [7, 11) is 1.91. The van der Waals surface area contributed by atoms with Crippen molar-refractivity contribution < 1.29 is 9.50 Å². The first-order valence-corrected chi connectivity index (χ1v) is 6.61. The van der Waals surface area contributed by atoms with E-state index in [0.717, 1.165) is 17.0 Å². The second-order valence-corrected chi connectivity index (χ2v) is 5.08. The topological polar surface area (TPSA) is 50.1 Å². The van der Waals surface area contributed by atoms with Gasteiger partial charge in [0, 0.05) is 36.5 Å². The summed E-state index contributed by atoms with van der Waals surface area (Å²) in [4.78, 5) is 0. The average molecular weight is 277 g/mol. The molecule has 0 amide bonds. The third kappa shape index (κ3) is 2.82. The number of hydrogen-bond donors (Lipinski definition) is 2. The molecule has 0 bridgehead atoms. The summed E-state index contributed by atoms with van der Waals surface area (Å²) in [6, 6.07) is 3.84. The van der Waals surface area contributed by atoms with E-state index in [9.17, 15) is 9.50 Å². The van der Waals surface area contributed by atoms with Gasteiger partial charge in [0.25, 0.3) is 0 Å². The van der Waals surface area contributed by atoms with Gasteiger partial charge in [-0.15, -0.1) is 0 Å². The molecule has 0 saturated heterocycles. The Kier molecular flexibility index (Phi) is 4.09. The minimum absolute atomic E-state index is 0.103. The fourth-order valence-electron chi connectivity index (χ4n) is 2.31. The number of nitrogens with one attached hydrogen (secondary N) is 1. The second-order valence-electron chi connectivity index (χ2n) is 5.08. The first-order chi connectivity index (χ1) is 9.40. The Balaban J connectivity index is 2.12. The highest BCUT2D eigenvalue weighted by molar-refractivity contribution is 5.35. The van der Waals surface area contributed by atoms with Gasteiger partial charge in [-0.2, -0.15) is 5.10 Å². The number of rotatable bonds is 4. The van der Waals surface area contributed by atoms with Crippen LogP contribution in [0.2, 0.25) is 0 Å². The van der Waals surface area contributed by atoms with Crippen LogP contribution >= 0.6 is 0 Å². The average Bonchev–Trinajstić information content (AvgIpc) is 2.64. The number of aromatic nitrogens is 2. The monoisotopic (exact) mass is 277 g/mol. The second kappa shape index (κ2) is 5.63. The number of halogens is 1. The first-order valence-electron chi connectivity index (χ1n) is 6.61. The number of benzene rings is 1. The van der Waals surface area contributed by atoms with E-state index in [1.165, 1.54) is 18.2 Å². The molecule has 0 spiro atoms. The summed E-state index contributed by atoms with van der Waals surface area (Å²) in [5, 5.41) is 17.5. The van der Waals surface area contributed by atoms with Crippen molar-refractivity contribution in [1.82, 2.24) is 15.1 Å². The molecule has 0 aliphatic heterocycles. The van der Waals surface area contributed by atoms with Crippen LogP contribution < -0.4 is 5.32 Å². The highest BCUT2D eigenvalue weighted by Gasteiger charge is 2.14. The van der Waals surface area contributed by atoms with E-state index in [-0.39, 0.29) is 17.6 Å². The molecule has 20 heavy (non-hydrogen) atoms. The van der Waals surface area contributed by atoms with Crippen molar-refractivity contribution in [2.75, 3.05) is 0 Å². The highest BCUT2D eigenvalue weighted by Crippen LogP contribution is 2.25. The molecule has 1 unspecified atom stereocenters. The minimum atomic E-state index is -0.347. The zero-order valence-electron chi connectivity index (χ0n) is 12.2. The van der Waals surface area contributed by atoms with Gasteiger partial charge < -0.3 is 10.4 Å². The van der Waals surface area contributed by atoms with Crippen LogP contribution in [-0.4, -0.2) is 14.9 Å². The van der Waals surface area contributed by atoms with Gasteiger partial charge in [0.2, 0.25) is 0 Å². The molecular weight excluding hydrogens is 257 g/mol.